The van der Waals surface area contributed by atoms with Gasteiger partial charge < -0.3 is 9.52 Å². The van der Waals surface area contributed by atoms with Gasteiger partial charge in [-0.25, -0.2) is 9.59 Å². The lowest BCUT2D eigenvalue weighted by molar-refractivity contribution is 0.0690. The number of aryl methyl sites for hydroxylation is 1. The van der Waals surface area contributed by atoms with E-state index in [-0.39, 0.29) is 11.4 Å². The molecule has 1 aromatic carbocycles. The summed E-state index contributed by atoms with van der Waals surface area (Å²) in [7, 11) is 1.53. The predicted octanol–water partition coefficient (Wildman–Crippen LogP) is 0.615. The Morgan fingerprint density at radius 3 is 2.95 bits per heavy atom. The fourth-order valence-electron chi connectivity index (χ4n) is 1.84. The van der Waals surface area contributed by atoms with Crippen LogP contribution in [-0.4, -0.2) is 31.1 Å². The number of oxazole rings is 1. The fourth-order valence-corrected chi connectivity index (χ4v) is 1.84. The van der Waals surface area contributed by atoms with E-state index >= 15 is 0 Å². The van der Waals surface area contributed by atoms with Crippen molar-refractivity contribution >= 4 is 17.1 Å². The zero-order chi connectivity index (χ0) is 13.6. The Bertz CT molecular complexity index is 842. The van der Waals surface area contributed by atoms with Gasteiger partial charge in [0.05, 0.1) is 5.52 Å². The summed E-state index contributed by atoms with van der Waals surface area (Å²) in [5, 5.41) is 16.9. The van der Waals surface area contributed by atoms with Crippen LogP contribution in [0.2, 0.25) is 0 Å². The minimum atomic E-state index is -1.17. The van der Waals surface area contributed by atoms with Crippen LogP contribution in [0.5, 0.6) is 0 Å². The molecule has 8 nitrogen and oxygen atoms in total. The number of rotatable bonds is 2. The smallest absolute Gasteiger partial charge is 0.417 e. The number of aromatic carboxylic acids is 1. The number of benzene rings is 1. The first-order valence-corrected chi connectivity index (χ1v) is 5.32. The summed E-state index contributed by atoms with van der Waals surface area (Å²) in [5.74, 6) is -1.73. The standard InChI is InChI=1S/C11H8N4O4/c1-15-13-8(9(14-15)10(16)17)5-2-3-6-7(4-5)19-11(18)12-6/h2-4H,1H3,(H,12,18)(H,16,17). The number of hydrogen-bond acceptors (Lipinski definition) is 5. The lowest BCUT2D eigenvalue weighted by Gasteiger charge is -1.96. The quantitative estimate of drug-likeness (QED) is 0.697. The molecule has 0 unspecified atom stereocenters. The van der Waals surface area contributed by atoms with Gasteiger partial charge in [-0.05, 0) is 12.1 Å². The van der Waals surface area contributed by atoms with Gasteiger partial charge in [-0.3, -0.25) is 4.98 Å². The van der Waals surface area contributed by atoms with E-state index in [0.717, 1.165) is 0 Å². The van der Waals surface area contributed by atoms with E-state index in [0.29, 0.717) is 16.7 Å². The average Bonchev–Trinajstić information content (AvgIpc) is 2.89. The Hall–Kier alpha value is -2.90. The number of aromatic nitrogens is 4. The number of aromatic amines is 1. The summed E-state index contributed by atoms with van der Waals surface area (Å²) in [5.41, 5.74) is 1.46. The molecule has 96 valence electrons. The van der Waals surface area contributed by atoms with Crippen molar-refractivity contribution in [3.05, 3.63) is 34.4 Å². The number of carboxylic acids is 1. The molecular formula is C11H8N4O4. The van der Waals surface area contributed by atoms with Gasteiger partial charge in [0, 0.05) is 12.6 Å². The van der Waals surface area contributed by atoms with Gasteiger partial charge in [0.1, 0.15) is 5.69 Å². The van der Waals surface area contributed by atoms with Gasteiger partial charge in [0.15, 0.2) is 11.3 Å². The van der Waals surface area contributed by atoms with Gasteiger partial charge in [-0.2, -0.15) is 9.90 Å². The average molecular weight is 260 g/mol. The highest BCUT2D eigenvalue weighted by atomic mass is 16.4. The Labute approximate surface area is 105 Å². The molecule has 2 aromatic heterocycles. The molecule has 0 radical (unpaired) electrons. The summed E-state index contributed by atoms with van der Waals surface area (Å²) in [4.78, 5) is 25.8. The highest BCUT2D eigenvalue weighted by molar-refractivity contribution is 5.93. The molecule has 0 spiro atoms. The van der Waals surface area contributed by atoms with E-state index in [1.54, 1.807) is 18.2 Å². The molecule has 0 amide bonds. The molecule has 0 aliphatic heterocycles. The number of carboxylic acid groups (broad SMARTS) is 1. The van der Waals surface area contributed by atoms with Gasteiger partial charge in [-0.1, -0.05) is 6.07 Å². The first-order valence-electron chi connectivity index (χ1n) is 5.32. The number of carbonyl (C=O) groups is 1. The Morgan fingerprint density at radius 1 is 1.42 bits per heavy atom. The monoisotopic (exact) mass is 260 g/mol. The van der Waals surface area contributed by atoms with Gasteiger partial charge >= 0.3 is 11.7 Å². The van der Waals surface area contributed by atoms with E-state index in [4.69, 9.17) is 9.52 Å². The molecule has 0 fully saturated rings. The highest BCUT2D eigenvalue weighted by Gasteiger charge is 2.19. The van der Waals surface area contributed by atoms with E-state index in [1.807, 2.05) is 0 Å². The summed E-state index contributed by atoms with van der Waals surface area (Å²) >= 11 is 0. The van der Waals surface area contributed by atoms with Gasteiger partial charge in [-0.15, -0.1) is 5.10 Å². The zero-order valence-electron chi connectivity index (χ0n) is 9.75. The van der Waals surface area contributed by atoms with Crippen molar-refractivity contribution in [3.63, 3.8) is 0 Å². The second kappa shape index (κ2) is 3.80. The predicted molar refractivity (Wildman–Crippen MR) is 63.8 cm³/mol. The zero-order valence-corrected chi connectivity index (χ0v) is 9.75. The van der Waals surface area contributed by atoms with Crippen LogP contribution in [-0.2, 0) is 7.05 Å². The van der Waals surface area contributed by atoms with E-state index in [9.17, 15) is 9.59 Å². The summed E-state index contributed by atoms with van der Waals surface area (Å²) in [6.07, 6.45) is 0. The molecule has 0 saturated carbocycles. The number of nitrogens with zero attached hydrogens (tertiary/aromatic N) is 3. The normalized spacial score (nSPS) is 11.0. The molecule has 19 heavy (non-hydrogen) atoms. The maximum atomic E-state index is 11.1. The SMILES string of the molecule is Cn1nc(C(=O)O)c(-c2ccc3[nH]c(=O)oc3c2)n1. The molecule has 0 atom stereocenters. The minimum absolute atomic E-state index is 0.153. The molecule has 0 aliphatic carbocycles. The Kier molecular flexibility index (Phi) is 2.24. The highest BCUT2D eigenvalue weighted by Crippen LogP contribution is 2.23. The number of hydrogen-bond donors (Lipinski definition) is 2. The first-order chi connectivity index (χ1) is 9.04. The molecular weight excluding hydrogens is 252 g/mol. The van der Waals surface area contributed by atoms with Crippen molar-refractivity contribution in [1.82, 2.24) is 20.0 Å². The lowest BCUT2D eigenvalue weighted by Crippen LogP contribution is -2.00. The Morgan fingerprint density at radius 2 is 2.21 bits per heavy atom. The van der Waals surface area contributed by atoms with Crippen molar-refractivity contribution in [1.29, 1.82) is 0 Å². The number of nitrogens with one attached hydrogen (secondary N) is 1. The maximum Gasteiger partial charge on any atom is 0.417 e. The third-order valence-corrected chi connectivity index (χ3v) is 2.61. The summed E-state index contributed by atoms with van der Waals surface area (Å²) in [6.45, 7) is 0. The third-order valence-electron chi connectivity index (χ3n) is 2.61. The fraction of sp³-hybridized carbons (Fsp3) is 0.0909. The van der Waals surface area contributed by atoms with Crippen molar-refractivity contribution < 1.29 is 14.3 Å². The van der Waals surface area contributed by atoms with Crippen LogP contribution in [0.1, 0.15) is 10.5 Å². The van der Waals surface area contributed by atoms with Crippen molar-refractivity contribution in [3.8, 4) is 11.3 Å². The Balaban J connectivity index is 2.23. The largest absolute Gasteiger partial charge is 0.476 e. The molecule has 2 heterocycles. The molecule has 2 N–H and O–H groups in total. The van der Waals surface area contributed by atoms with Crippen molar-refractivity contribution in [2.75, 3.05) is 0 Å². The second-order valence-corrected chi connectivity index (χ2v) is 3.92. The topological polar surface area (TPSA) is 114 Å². The van der Waals surface area contributed by atoms with Crippen molar-refractivity contribution in [2.24, 2.45) is 7.05 Å². The molecule has 3 aromatic rings. The van der Waals surface area contributed by atoms with E-state index < -0.39 is 11.7 Å². The van der Waals surface area contributed by atoms with Crippen LogP contribution < -0.4 is 5.76 Å². The summed E-state index contributed by atoms with van der Waals surface area (Å²) < 4.78 is 4.92. The van der Waals surface area contributed by atoms with Crippen molar-refractivity contribution in [2.45, 2.75) is 0 Å². The molecule has 0 aliphatic rings. The van der Waals surface area contributed by atoms with E-state index in [2.05, 4.69) is 15.2 Å². The lowest BCUT2D eigenvalue weighted by atomic mass is 10.1. The van der Waals surface area contributed by atoms with Crippen LogP contribution >= 0.6 is 0 Å². The molecule has 0 bridgehead atoms. The minimum Gasteiger partial charge on any atom is -0.476 e. The molecule has 0 saturated heterocycles. The van der Waals surface area contributed by atoms with Gasteiger partial charge in [0.2, 0.25) is 0 Å². The number of H-pyrrole nitrogens is 1. The molecule has 3 rings (SSSR count). The second-order valence-electron chi connectivity index (χ2n) is 3.92. The van der Waals surface area contributed by atoms with Crippen LogP contribution in [0.4, 0.5) is 0 Å². The third kappa shape index (κ3) is 1.79. The van der Waals surface area contributed by atoms with Crippen LogP contribution in [0.3, 0.4) is 0 Å². The van der Waals surface area contributed by atoms with Gasteiger partial charge in [0.25, 0.3) is 0 Å². The van der Waals surface area contributed by atoms with Crippen LogP contribution in [0, 0.1) is 0 Å². The molecule has 8 heteroatoms. The summed E-state index contributed by atoms with van der Waals surface area (Å²) in [6, 6.07) is 4.81. The van der Waals surface area contributed by atoms with E-state index in [1.165, 1.54) is 11.8 Å². The first kappa shape index (κ1) is 11.2. The van der Waals surface area contributed by atoms with Crippen LogP contribution in [0.15, 0.2) is 27.4 Å². The maximum absolute atomic E-state index is 11.1. The number of fused-ring (bicyclic) bond motifs is 1. The van der Waals surface area contributed by atoms with Crippen LogP contribution in [0.25, 0.3) is 22.4 Å².